The predicted molar refractivity (Wildman–Crippen MR) is 113 cm³/mol. The molecule has 0 aliphatic carbocycles. The van der Waals surface area contributed by atoms with Crippen LogP contribution >= 0.6 is 46.1 Å². The van der Waals surface area contributed by atoms with Crippen molar-refractivity contribution >= 4 is 56.2 Å². The SMILES string of the molecule is Clc1ccc(C(Cn2ccnc2)OCc2csc3c(Cl)cccc23)c(Cl)c1.[Na+]. The van der Waals surface area contributed by atoms with Crippen LogP contribution in [0, 0.1) is 0 Å². The van der Waals surface area contributed by atoms with Crippen molar-refractivity contribution in [1.82, 2.24) is 9.55 Å². The van der Waals surface area contributed by atoms with Gasteiger partial charge in [-0.3, -0.25) is 0 Å². The van der Waals surface area contributed by atoms with Crippen molar-refractivity contribution in [3.05, 3.63) is 86.7 Å². The quantitative estimate of drug-likeness (QED) is 0.406. The fourth-order valence-electron chi connectivity index (χ4n) is 2.97. The van der Waals surface area contributed by atoms with Crippen LogP contribution in [0.1, 0.15) is 17.2 Å². The molecule has 0 aliphatic rings. The van der Waals surface area contributed by atoms with E-state index in [1.165, 1.54) is 0 Å². The molecular formula is C20H15Cl3N2NaOS+. The summed E-state index contributed by atoms with van der Waals surface area (Å²) in [5, 5.41) is 5.17. The maximum atomic E-state index is 6.44. The van der Waals surface area contributed by atoms with Gasteiger partial charge in [0.05, 0.1) is 29.2 Å². The Balaban J connectivity index is 0.00000225. The first-order valence-electron chi connectivity index (χ1n) is 8.28. The summed E-state index contributed by atoms with van der Waals surface area (Å²) in [4.78, 5) is 4.11. The van der Waals surface area contributed by atoms with E-state index in [2.05, 4.69) is 16.4 Å². The largest absolute Gasteiger partial charge is 1.00 e. The van der Waals surface area contributed by atoms with Crippen LogP contribution in [-0.2, 0) is 17.9 Å². The zero-order valence-corrected chi connectivity index (χ0v) is 20.2. The number of ether oxygens (including phenoxy) is 1. The minimum atomic E-state index is -0.238. The third-order valence-electron chi connectivity index (χ3n) is 4.32. The molecular weight excluding hydrogens is 446 g/mol. The second-order valence-electron chi connectivity index (χ2n) is 6.10. The molecule has 4 rings (SSSR count). The van der Waals surface area contributed by atoms with Gasteiger partial charge in [-0.25, -0.2) is 4.98 Å². The zero-order valence-electron chi connectivity index (χ0n) is 15.1. The molecule has 138 valence electrons. The first kappa shape index (κ1) is 22.1. The van der Waals surface area contributed by atoms with E-state index in [9.17, 15) is 0 Å². The standard InChI is InChI=1S/C20H15Cl3N2OS.Na/c21-14-4-5-16(18(23)8-14)19(9-25-7-6-24-12-25)26-10-13-11-27-20-15(13)2-1-3-17(20)22;/h1-8,11-12,19H,9-10H2;/q;+1. The molecule has 0 bridgehead atoms. The Labute approximate surface area is 204 Å². The predicted octanol–water partition coefficient (Wildman–Crippen LogP) is 4.02. The summed E-state index contributed by atoms with van der Waals surface area (Å²) in [5.41, 5.74) is 2.01. The summed E-state index contributed by atoms with van der Waals surface area (Å²) in [6.07, 6.45) is 5.17. The van der Waals surface area contributed by atoms with Gasteiger partial charge in [0.25, 0.3) is 0 Å². The summed E-state index contributed by atoms with van der Waals surface area (Å²) in [6.45, 7) is 1.06. The summed E-state index contributed by atoms with van der Waals surface area (Å²) >= 11 is 20.4. The van der Waals surface area contributed by atoms with Gasteiger partial charge >= 0.3 is 29.6 Å². The second-order valence-corrected chi connectivity index (χ2v) is 8.23. The van der Waals surface area contributed by atoms with Crippen molar-refractivity contribution < 1.29 is 34.3 Å². The third-order valence-corrected chi connectivity index (χ3v) is 6.38. The first-order valence-corrected chi connectivity index (χ1v) is 10.3. The molecule has 2 heterocycles. The fourth-order valence-corrected chi connectivity index (χ4v) is 4.77. The minimum Gasteiger partial charge on any atom is -0.367 e. The molecule has 3 nitrogen and oxygen atoms in total. The van der Waals surface area contributed by atoms with Gasteiger partial charge in [0.15, 0.2) is 0 Å². The molecule has 2 aromatic carbocycles. The number of fused-ring (bicyclic) bond motifs is 1. The Morgan fingerprint density at radius 3 is 2.71 bits per heavy atom. The smallest absolute Gasteiger partial charge is 0.367 e. The summed E-state index contributed by atoms with van der Waals surface area (Å²) < 4.78 is 9.35. The van der Waals surface area contributed by atoms with Crippen molar-refractivity contribution in [3.8, 4) is 0 Å². The van der Waals surface area contributed by atoms with Crippen LogP contribution < -0.4 is 29.6 Å². The average Bonchev–Trinajstić information content (AvgIpc) is 3.29. The molecule has 28 heavy (non-hydrogen) atoms. The molecule has 0 amide bonds. The number of imidazole rings is 1. The molecule has 0 fully saturated rings. The number of benzene rings is 2. The number of nitrogens with zero attached hydrogens (tertiary/aromatic N) is 2. The maximum Gasteiger partial charge on any atom is 1.00 e. The molecule has 0 spiro atoms. The molecule has 1 unspecified atom stereocenters. The van der Waals surface area contributed by atoms with E-state index in [0.717, 1.165) is 26.2 Å². The Kier molecular flexibility index (Phi) is 7.88. The van der Waals surface area contributed by atoms with Gasteiger partial charge in [-0.1, -0.05) is 53.0 Å². The molecule has 0 aliphatic heterocycles. The topological polar surface area (TPSA) is 27.1 Å². The van der Waals surface area contributed by atoms with E-state index in [1.54, 1.807) is 29.9 Å². The molecule has 4 aromatic rings. The van der Waals surface area contributed by atoms with Gasteiger partial charge in [0, 0.05) is 28.0 Å². The molecule has 0 N–H and O–H groups in total. The minimum absolute atomic E-state index is 0. The van der Waals surface area contributed by atoms with Gasteiger partial charge in [-0.15, -0.1) is 11.3 Å². The number of hydrogen-bond donors (Lipinski definition) is 0. The van der Waals surface area contributed by atoms with E-state index in [1.807, 2.05) is 35.0 Å². The van der Waals surface area contributed by atoms with Crippen LogP contribution in [0.2, 0.25) is 15.1 Å². The van der Waals surface area contributed by atoms with Gasteiger partial charge in [0.1, 0.15) is 6.10 Å². The molecule has 0 saturated carbocycles. The van der Waals surface area contributed by atoms with Crippen molar-refractivity contribution in [3.63, 3.8) is 0 Å². The molecule has 2 aromatic heterocycles. The summed E-state index contributed by atoms with van der Waals surface area (Å²) in [5.74, 6) is 0. The number of hydrogen-bond acceptors (Lipinski definition) is 3. The van der Waals surface area contributed by atoms with Crippen molar-refractivity contribution in [1.29, 1.82) is 0 Å². The monoisotopic (exact) mass is 459 g/mol. The second kappa shape index (κ2) is 9.96. The number of rotatable bonds is 6. The summed E-state index contributed by atoms with van der Waals surface area (Å²) in [7, 11) is 0. The van der Waals surface area contributed by atoms with Gasteiger partial charge < -0.3 is 9.30 Å². The summed E-state index contributed by atoms with van der Waals surface area (Å²) in [6, 6.07) is 11.4. The molecule has 0 radical (unpaired) electrons. The Morgan fingerprint density at radius 2 is 1.96 bits per heavy atom. The number of thiophene rings is 1. The van der Waals surface area contributed by atoms with Gasteiger partial charge in [0.2, 0.25) is 0 Å². The number of halogens is 3. The van der Waals surface area contributed by atoms with E-state index >= 15 is 0 Å². The Hall–Kier alpha value is -0.560. The van der Waals surface area contributed by atoms with Crippen LogP contribution in [0.5, 0.6) is 0 Å². The Morgan fingerprint density at radius 1 is 1.11 bits per heavy atom. The van der Waals surface area contributed by atoms with Crippen LogP contribution in [0.4, 0.5) is 0 Å². The van der Waals surface area contributed by atoms with Crippen molar-refractivity contribution in [2.75, 3.05) is 0 Å². The number of aromatic nitrogens is 2. The third kappa shape index (κ3) is 4.94. The zero-order chi connectivity index (χ0) is 18.8. The van der Waals surface area contributed by atoms with E-state index in [4.69, 9.17) is 39.5 Å². The van der Waals surface area contributed by atoms with Crippen molar-refractivity contribution in [2.24, 2.45) is 0 Å². The van der Waals surface area contributed by atoms with Crippen LogP contribution in [0.15, 0.2) is 60.5 Å². The molecule has 0 saturated heterocycles. The molecule has 1 atom stereocenters. The van der Waals surface area contributed by atoms with Gasteiger partial charge in [-0.2, -0.15) is 0 Å². The van der Waals surface area contributed by atoms with E-state index in [-0.39, 0.29) is 35.7 Å². The maximum absolute atomic E-state index is 6.44. The Bertz CT molecular complexity index is 1070. The normalized spacial score (nSPS) is 12.1. The van der Waals surface area contributed by atoms with Crippen molar-refractivity contribution in [2.45, 2.75) is 19.3 Å². The molecule has 8 heteroatoms. The first-order chi connectivity index (χ1) is 13.1. The van der Waals surface area contributed by atoms with Gasteiger partial charge in [-0.05, 0) is 34.5 Å². The van der Waals surface area contributed by atoms with Crippen LogP contribution in [0.3, 0.4) is 0 Å². The van der Waals surface area contributed by atoms with Crippen LogP contribution in [0.25, 0.3) is 10.1 Å². The fraction of sp³-hybridized carbons (Fsp3) is 0.150. The average molecular weight is 461 g/mol. The van der Waals surface area contributed by atoms with E-state index < -0.39 is 0 Å². The van der Waals surface area contributed by atoms with E-state index in [0.29, 0.717) is 23.2 Å². The van der Waals surface area contributed by atoms with Crippen LogP contribution in [-0.4, -0.2) is 9.55 Å².